The molecule has 0 radical (unpaired) electrons. The van der Waals surface area contributed by atoms with Gasteiger partial charge in [-0.3, -0.25) is 4.90 Å². The van der Waals surface area contributed by atoms with Gasteiger partial charge in [0.15, 0.2) is 0 Å². The van der Waals surface area contributed by atoms with Crippen LogP contribution in [0, 0.1) is 12.7 Å². The van der Waals surface area contributed by atoms with Crippen molar-refractivity contribution in [1.82, 2.24) is 15.1 Å². The van der Waals surface area contributed by atoms with Crippen LogP contribution in [0.15, 0.2) is 54.6 Å². The molecule has 0 aliphatic carbocycles. The minimum absolute atomic E-state index is 0.191. The van der Waals surface area contributed by atoms with Crippen molar-refractivity contribution >= 4 is 0 Å². The Balaban J connectivity index is 1.80. The molecule has 0 spiro atoms. The Morgan fingerprint density at radius 1 is 1.04 bits per heavy atom. The van der Waals surface area contributed by atoms with Gasteiger partial charge in [-0.05, 0) is 61.0 Å². The lowest BCUT2D eigenvalue weighted by Gasteiger charge is -2.24. The Kier molecular flexibility index (Phi) is 4.72. The first-order chi connectivity index (χ1) is 13.0. The predicted molar refractivity (Wildman–Crippen MR) is 103 cm³/mol. The van der Waals surface area contributed by atoms with Crippen molar-refractivity contribution in [2.24, 2.45) is 0 Å². The highest BCUT2D eigenvalue weighted by Gasteiger charge is 2.30. The summed E-state index contributed by atoms with van der Waals surface area (Å²) in [6.07, 6.45) is -0.563. The number of rotatable bonds is 2. The summed E-state index contributed by atoms with van der Waals surface area (Å²) in [6.45, 7) is 3.20. The molecule has 0 saturated carbocycles. The molecule has 3 aromatic rings. The van der Waals surface area contributed by atoms with E-state index in [1.54, 1.807) is 12.1 Å². The van der Waals surface area contributed by atoms with Crippen LogP contribution in [0.5, 0.6) is 0 Å². The third kappa shape index (κ3) is 3.61. The van der Waals surface area contributed by atoms with Gasteiger partial charge < -0.3 is 5.11 Å². The number of halogens is 1. The molecule has 2 heterocycles. The molecular weight excluding hydrogens is 341 g/mol. The minimum atomic E-state index is -0.563. The summed E-state index contributed by atoms with van der Waals surface area (Å²) >= 11 is 0. The molecule has 0 fully saturated rings. The fraction of sp³-hybridized carbons (Fsp3) is 0.273. The second-order valence-corrected chi connectivity index (χ2v) is 7.27. The number of aryl methyl sites for hydroxylation is 1. The van der Waals surface area contributed by atoms with Crippen LogP contribution in [-0.2, 0) is 6.54 Å². The first kappa shape index (κ1) is 17.8. The average Bonchev–Trinajstić information content (AvgIpc) is 2.77. The van der Waals surface area contributed by atoms with Gasteiger partial charge in [-0.1, -0.05) is 24.3 Å². The molecule has 2 aromatic carbocycles. The molecule has 0 amide bonds. The lowest BCUT2D eigenvalue weighted by atomic mass is 9.84. The number of nitrogens with zero attached hydrogens (tertiary/aromatic N) is 3. The van der Waals surface area contributed by atoms with Crippen molar-refractivity contribution in [3.8, 4) is 11.3 Å². The van der Waals surface area contributed by atoms with E-state index in [1.807, 2.05) is 32.2 Å². The Bertz CT molecular complexity index is 941. The second kappa shape index (κ2) is 7.18. The van der Waals surface area contributed by atoms with E-state index in [0.717, 1.165) is 40.2 Å². The van der Waals surface area contributed by atoms with Crippen LogP contribution in [0.2, 0.25) is 0 Å². The van der Waals surface area contributed by atoms with Crippen LogP contribution in [0.25, 0.3) is 11.3 Å². The number of likely N-dealkylation sites (N-methyl/N-ethyl adjacent to an activating group) is 1. The topological polar surface area (TPSA) is 49.2 Å². The lowest BCUT2D eigenvalue weighted by molar-refractivity contribution is 0.116. The van der Waals surface area contributed by atoms with Gasteiger partial charge in [-0.2, -0.15) is 10.2 Å². The molecule has 27 heavy (non-hydrogen) atoms. The molecule has 0 saturated heterocycles. The largest absolute Gasteiger partial charge is 0.391 e. The van der Waals surface area contributed by atoms with Gasteiger partial charge in [0.2, 0.25) is 0 Å². The first-order valence-electron chi connectivity index (χ1n) is 9.07. The zero-order valence-corrected chi connectivity index (χ0v) is 15.4. The number of hydrogen-bond acceptors (Lipinski definition) is 4. The van der Waals surface area contributed by atoms with Gasteiger partial charge in [0.1, 0.15) is 5.82 Å². The molecular formula is C22H22FN3O. The summed E-state index contributed by atoms with van der Waals surface area (Å²) in [4.78, 5) is 2.11. The van der Waals surface area contributed by atoms with Crippen LogP contribution >= 0.6 is 0 Å². The van der Waals surface area contributed by atoms with E-state index in [4.69, 9.17) is 0 Å². The molecule has 1 aliphatic heterocycles. The Morgan fingerprint density at radius 3 is 2.52 bits per heavy atom. The normalized spacial score (nSPS) is 20.1. The Morgan fingerprint density at radius 2 is 1.81 bits per heavy atom. The van der Waals surface area contributed by atoms with Crippen molar-refractivity contribution in [3.05, 3.63) is 82.8 Å². The molecule has 1 aliphatic rings. The predicted octanol–water partition coefficient (Wildman–Crippen LogP) is 3.53. The number of aliphatic hydroxyl groups is 1. The molecule has 0 bridgehead atoms. The van der Waals surface area contributed by atoms with Crippen molar-refractivity contribution in [3.63, 3.8) is 0 Å². The van der Waals surface area contributed by atoms with Gasteiger partial charge in [0.05, 0.1) is 17.5 Å². The molecule has 1 N–H and O–H groups in total. The van der Waals surface area contributed by atoms with E-state index in [-0.39, 0.29) is 11.7 Å². The van der Waals surface area contributed by atoms with Crippen LogP contribution in [0.3, 0.4) is 0 Å². The van der Waals surface area contributed by atoms with Gasteiger partial charge in [0.25, 0.3) is 0 Å². The Hall–Kier alpha value is -2.63. The van der Waals surface area contributed by atoms with Gasteiger partial charge in [-0.15, -0.1) is 0 Å². The smallest absolute Gasteiger partial charge is 0.123 e. The number of aliphatic hydroxyl groups excluding tert-OH is 1. The number of hydrogen-bond donors (Lipinski definition) is 1. The molecule has 4 rings (SSSR count). The van der Waals surface area contributed by atoms with Gasteiger partial charge >= 0.3 is 0 Å². The quantitative estimate of drug-likeness (QED) is 0.757. The van der Waals surface area contributed by atoms with Crippen LogP contribution in [0.1, 0.15) is 28.3 Å². The zero-order valence-electron chi connectivity index (χ0n) is 15.4. The first-order valence-corrected chi connectivity index (χ1v) is 9.07. The summed E-state index contributed by atoms with van der Waals surface area (Å²) in [7, 11) is 2.00. The SMILES string of the molecule is Cc1ccc(-c2ccc3c(c2)CN(C)CC(O)C3c2ccc(F)cc2)nn1. The highest BCUT2D eigenvalue weighted by atomic mass is 19.1. The number of fused-ring (bicyclic) bond motifs is 1. The number of aromatic nitrogens is 2. The summed E-state index contributed by atoms with van der Waals surface area (Å²) in [5.74, 6) is -0.462. The fourth-order valence-electron chi connectivity index (χ4n) is 3.82. The summed E-state index contributed by atoms with van der Waals surface area (Å²) in [5, 5.41) is 19.3. The minimum Gasteiger partial charge on any atom is -0.391 e. The highest BCUT2D eigenvalue weighted by Crippen LogP contribution is 2.36. The standard InChI is InChI=1S/C22H22FN3O/c1-14-3-10-20(25-24-14)16-6-9-19-17(11-16)12-26(2)13-21(27)22(19)15-4-7-18(23)8-5-15/h3-11,21-22,27H,12-13H2,1-2H3. The van der Waals surface area contributed by atoms with Crippen molar-refractivity contribution in [1.29, 1.82) is 0 Å². The van der Waals surface area contributed by atoms with Crippen molar-refractivity contribution in [2.75, 3.05) is 13.6 Å². The third-order valence-corrected chi connectivity index (χ3v) is 5.12. The summed E-state index contributed by atoms with van der Waals surface area (Å²) in [6, 6.07) is 16.5. The maximum Gasteiger partial charge on any atom is 0.123 e. The van der Waals surface area contributed by atoms with E-state index in [9.17, 15) is 9.50 Å². The van der Waals surface area contributed by atoms with Crippen LogP contribution in [0.4, 0.5) is 4.39 Å². The highest BCUT2D eigenvalue weighted by molar-refractivity contribution is 5.61. The number of β-amino-alcohol motifs (C(OH)–C–C–N with tert-alkyl or cyclic N) is 1. The van der Waals surface area contributed by atoms with E-state index in [0.29, 0.717) is 6.54 Å². The van der Waals surface area contributed by atoms with Crippen LogP contribution < -0.4 is 0 Å². The van der Waals surface area contributed by atoms with E-state index < -0.39 is 6.10 Å². The van der Waals surface area contributed by atoms with E-state index >= 15 is 0 Å². The molecule has 138 valence electrons. The third-order valence-electron chi connectivity index (χ3n) is 5.12. The molecule has 2 unspecified atom stereocenters. The monoisotopic (exact) mass is 363 g/mol. The van der Waals surface area contributed by atoms with E-state index in [2.05, 4.69) is 27.2 Å². The maximum absolute atomic E-state index is 13.4. The molecule has 1 aromatic heterocycles. The van der Waals surface area contributed by atoms with Gasteiger partial charge in [0, 0.05) is 24.6 Å². The lowest BCUT2D eigenvalue weighted by Crippen LogP contribution is -2.30. The molecule has 5 heteroatoms. The number of benzene rings is 2. The average molecular weight is 363 g/mol. The Labute approximate surface area is 158 Å². The van der Waals surface area contributed by atoms with E-state index in [1.165, 1.54) is 12.1 Å². The fourth-order valence-corrected chi connectivity index (χ4v) is 3.82. The maximum atomic E-state index is 13.4. The van der Waals surface area contributed by atoms with Crippen molar-refractivity contribution in [2.45, 2.75) is 25.5 Å². The summed E-state index contributed by atoms with van der Waals surface area (Å²) in [5.41, 5.74) is 5.85. The summed E-state index contributed by atoms with van der Waals surface area (Å²) < 4.78 is 13.4. The molecule has 2 atom stereocenters. The molecule has 4 nitrogen and oxygen atoms in total. The van der Waals surface area contributed by atoms with Crippen molar-refractivity contribution < 1.29 is 9.50 Å². The van der Waals surface area contributed by atoms with Crippen LogP contribution in [-0.4, -0.2) is 39.9 Å². The second-order valence-electron chi connectivity index (χ2n) is 7.27. The zero-order chi connectivity index (χ0) is 19.0. The van der Waals surface area contributed by atoms with Gasteiger partial charge in [-0.25, -0.2) is 4.39 Å².